The van der Waals surface area contributed by atoms with Gasteiger partial charge in [0.15, 0.2) is 11.5 Å². The number of ether oxygens (including phenoxy) is 3. The highest BCUT2D eigenvalue weighted by Gasteiger charge is 2.71. The molecule has 1 unspecified atom stereocenters. The van der Waals surface area contributed by atoms with Gasteiger partial charge >= 0.3 is 18.4 Å². The van der Waals surface area contributed by atoms with Gasteiger partial charge in [0.25, 0.3) is 11.5 Å². The molecule has 1 fully saturated rings. The zero-order valence-electron chi connectivity index (χ0n) is 26.2. The van der Waals surface area contributed by atoms with Crippen LogP contribution in [0.15, 0.2) is 30.3 Å². The molecule has 1 saturated heterocycles. The second-order valence-electron chi connectivity index (χ2n) is 12.1. The Bertz CT molecular complexity index is 1410. The first-order chi connectivity index (χ1) is 21.4. The lowest BCUT2D eigenvalue weighted by molar-refractivity contribution is -0.376. The van der Waals surface area contributed by atoms with E-state index in [9.17, 15) is 41.0 Å². The van der Waals surface area contributed by atoms with Crippen LogP contribution >= 0.6 is 0 Å². The van der Waals surface area contributed by atoms with Crippen molar-refractivity contribution in [1.29, 1.82) is 0 Å². The lowest BCUT2D eigenvalue weighted by Gasteiger charge is -2.34. The van der Waals surface area contributed by atoms with Gasteiger partial charge in [-0.3, -0.25) is 9.69 Å². The van der Waals surface area contributed by atoms with Crippen LogP contribution in [-0.2, 0) is 15.9 Å². The summed E-state index contributed by atoms with van der Waals surface area (Å²) >= 11 is 0. The molecular formula is C32H38F6N2O6. The van der Waals surface area contributed by atoms with Gasteiger partial charge < -0.3 is 24.6 Å². The van der Waals surface area contributed by atoms with Gasteiger partial charge in [-0.05, 0) is 72.1 Å². The number of alkyl halides is 6. The Morgan fingerprint density at radius 2 is 1.48 bits per heavy atom. The third-order valence-electron chi connectivity index (χ3n) is 8.39. The molecule has 4 rings (SSSR count). The lowest BCUT2D eigenvalue weighted by Crippen LogP contribution is -2.54. The molecule has 2 heterocycles. The van der Waals surface area contributed by atoms with Crippen molar-refractivity contribution < 1.29 is 55.2 Å². The Balaban J connectivity index is 1.49. The molecule has 2 aliphatic heterocycles. The SMILES string of the molecule is CCC1(c2ccc3c(c2)OCCO3)NC(=O)N(CCCCOc2c(C(C)C)cc(C(O)(C(F)(F)F)C(F)(F)F)cc2C(C)C)C1=O. The topological polar surface area (TPSA) is 97.3 Å². The van der Waals surface area contributed by atoms with Gasteiger partial charge in [-0.2, -0.15) is 26.3 Å². The first kappa shape index (κ1) is 35.2. The first-order valence-electron chi connectivity index (χ1n) is 15.1. The van der Waals surface area contributed by atoms with Gasteiger partial charge in [0.05, 0.1) is 6.61 Å². The fourth-order valence-electron chi connectivity index (χ4n) is 5.72. The molecule has 2 aromatic rings. The maximum absolute atomic E-state index is 13.7. The summed E-state index contributed by atoms with van der Waals surface area (Å²) in [5, 5.41) is 12.9. The van der Waals surface area contributed by atoms with Crippen LogP contribution in [0.1, 0.15) is 88.0 Å². The van der Waals surface area contributed by atoms with Gasteiger partial charge in [0.1, 0.15) is 24.5 Å². The van der Waals surface area contributed by atoms with Crippen molar-refractivity contribution >= 4 is 11.9 Å². The normalized spacial score (nSPS) is 18.9. The lowest BCUT2D eigenvalue weighted by atomic mass is 9.84. The molecule has 0 aliphatic carbocycles. The van der Waals surface area contributed by atoms with Crippen molar-refractivity contribution in [3.05, 3.63) is 52.6 Å². The summed E-state index contributed by atoms with van der Waals surface area (Å²) in [6.07, 6.45) is -11.1. The highest BCUT2D eigenvalue weighted by Crippen LogP contribution is 2.52. The number of benzene rings is 2. The fraction of sp³-hybridized carbons (Fsp3) is 0.562. The van der Waals surface area contributed by atoms with E-state index < -0.39 is 52.8 Å². The summed E-state index contributed by atoms with van der Waals surface area (Å²) in [5.74, 6) is -0.371. The summed E-state index contributed by atoms with van der Waals surface area (Å²) in [4.78, 5) is 27.6. The number of nitrogens with one attached hydrogen (secondary N) is 1. The van der Waals surface area contributed by atoms with Crippen LogP contribution in [-0.4, -0.2) is 60.7 Å². The monoisotopic (exact) mass is 660 g/mol. The van der Waals surface area contributed by atoms with E-state index in [0.29, 0.717) is 55.3 Å². The number of nitrogens with zero attached hydrogens (tertiary/aromatic N) is 1. The van der Waals surface area contributed by atoms with E-state index in [1.165, 1.54) is 0 Å². The second-order valence-corrected chi connectivity index (χ2v) is 12.1. The summed E-state index contributed by atoms with van der Waals surface area (Å²) in [7, 11) is 0. The fourth-order valence-corrected chi connectivity index (χ4v) is 5.72. The maximum atomic E-state index is 13.7. The van der Waals surface area contributed by atoms with E-state index in [1.54, 1.807) is 52.8 Å². The van der Waals surface area contributed by atoms with Crippen molar-refractivity contribution in [3.8, 4) is 17.2 Å². The Morgan fingerprint density at radius 3 is 2.00 bits per heavy atom. The Morgan fingerprint density at radius 1 is 0.913 bits per heavy atom. The number of rotatable bonds is 11. The Kier molecular flexibility index (Phi) is 9.82. The van der Waals surface area contributed by atoms with Crippen molar-refractivity contribution in [2.45, 2.75) is 89.2 Å². The van der Waals surface area contributed by atoms with E-state index in [1.807, 2.05) is 0 Å². The molecule has 254 valence electrons. The van der Waals surface area contributed by atoms with E-state index in [4.69, 9.17) is 14.2 Å². The molecular weight excluding hydrogens is 622 g/mol. The summed E-state index contributed by atoms with van der Waals surface area (Å²) in [6, 6.07) is 5.91. The minimum Gasteiger partial charge on any atom is -0.493 e. The highest BCUT2D eigenvalue weighted by molar-refractivity contribution is 6.07. The Labute approximate surface area is 263 Å². The summed E-state index contributed by atoms with van der Waals surface area (Å²) in [6.45, 7) is 8.97. The van der Waals surface area contributed by atoms with Crippen LogP contribution in [0.5, 0.6) is 17.2 Å². The smallest absolute Gasteiger partial charge is 0.430 e. The number of imide groups is 1. The van der Waals surface area contributed by atoms with Crippen LogP contribution in [0.2, 0.25) is 0 Å². The van der Waals surface area contributed by atoms with Crippen molar-refractivity contribution in [2.24, 2.45) is 0 Å². The predicted octanol–water partition coefficient (Wildman–Crippen LogP) is 7.03. The molecule has 1 atom stereocenters. The van der Waals surface area contributed by atoms with E-state index in [-0.39, 0.29) is 36.4 Å². The highest BCUT2D eigenvalue weighted by atomic mass is 19.4. The zero-order valence-corrected chi connectivity index (χ0v) is 26.2. The molecule has 2 N–H and O–H groups in total. The number of aliphatic hydroxyl groups is 1. The number of hydrogen-bond donors (Lipinski definition) is 2. The summed E-state index contributed by atoms with van der Waals surface area (Å²) < 4.78 is 99.3. The van der Waals surface area contributed by atoms with Crippen LogP contribution < -0.4 is 19.5 Å². The average molecular weight is 661 g/mol. The van der Waals surface area contributed by atoms with E-state index >= 15 is 0 Å². The van der Waals surface area contributed by atoms with Crippen LogP contribution in [0.4, 0.5) is 31.1 Å². The minimum atomic E-state index is -6.02. The number of unbranched alkanes of at least 4 members (excludes halogenated alkanes) is 1. The second kappa shape index (κ2) is 12.8. The zero-order chi connectivity index (χ0) is 34.2. The van der Waals surface area contributed by atoms with Gasteiger partial charge in [0, 0.05) is 12.1 Å². The average Bonchev–Trinajstić information content (AvgIpc) is 3.23. The van der Waals surface area contributed by atoms with Crippen molar-refractivity contribution in [1.82, 2.24) is 10.2 Å². The molecule has 0 spiro atoms. The Hall–Kier alpha value is -3.68. The van der Waals surface area contributed by atoms with Crippen molar-refractivity contribution in [2.75, 3.05) is 26.4 Å². The molecule has 0 radical (unpaired) electrons. The maximum Gasteiger partial charge on any atom is 0.430 e. The molecule has 0 saturated carbocycles. The third-order valence-corrected chi connectivity index (χ3v) is 8.39. The molecule has 0 aromatic heterocycles. The van der Waals surface area contributed by atoms with Crippen LogP contribution in [0, 0.1) is 0 Å². The van der Waals surface area contributed by atoms with Crippen LogP contribution in [0.25, 0.3) is 0 Å². The first-order valence-corrected chi connectivity index (χ1v) is 15.1. The standard InChI is InChI=1S/C32H38F6N2O6/c1-6-29(20-9-10-24-25(17-20)45-14-13-44-24)27(41)40(28(42)39-29)11-7-8-12-46-26-22(18(2)3)15-21(16-23(26)19(4)5)30(43,31(33,34)35)32(36,37)38/h9-10,15-19,43H,6-8,11-14H2,1-5H3,(H,39,42). The molecule has 2 aliphatic rings. The van der Waals surface area contributed by atoms with Crippen molar-refractivity contribution in [3.63, 3.8) is 0 Å². The number of carbonyl (C=O) groups is 2. The van der Waals surface area contributed by atoms with Crippen LogP contribution in [0.3, 0.4) is 0 Å². The molecule has 8 nitrogen and oxygen atoms in total. The van der Waals surface area contributed by atoms with E-state index in [2.05, 4.69) is 5.32 Å². The molecule has 14 heteroatoms. The quantitative estimate of drug-likeness (QED) is 0.153. The van der Waals surface area contributed by atoms with E-state index in [0.717, 1.165) is 4.90 Å². The largest absolute Gasteiger partial charge is 0.493 e. The number of carbonyl (C=O) groups excluding carboxylic acids is 2. The third kappa shape index (κ3) is 6.19. The van der Waals surface area contributed by atoms with Gasteiger partial charge in [0.2, 0.25) is 0 Å². The van der Waals surface area contributed by atoms with Gasteiger partial charge in [-0.25, -0.2) is 4.79 Å². The van der Waals surface area contributed by atoms with Gasteiger partial charge in [-0.15, -0.1) is 0 Å². The number of hydrogen-bond acceptors (Lipinski definition) is 6. The predicted molar refractivity (Wildman–Crippen MR) is 155 cm³/mol. The van der Waals surface area contributed by atoms with Gasteiger partial charge in [-0.1, -0.05) is 40.7 Å². The molecule has 3 amide bonds. The molecule has 0 bridgehead atoms. The molecule has 46 heavy (non-hydrogen) atoms. The number of halogens is 6. The number of amides is 3. The minimum absolute atomic E-state index is 0.00628. The summed E-state index contributed by atoms with van der Waals surface area (Å²) in [5.41, 5.74) is -6.98. The molecule has 2 aromatic carbocycles. The number of fused-ring (bicyclic) bond motifs is 1. The number of urea groups is 1.